The summed E-state index contributed by atoms with van der Waals surface area (Å²) in [5, 5.41) is 3.72. The van der Waals surface area contributed by atoms with Gasteiger partial charge in [0, 0.05) is 22.6 Å². The largest absolute Gasteiger partial charge is 0.451 e. The first-order valence-electron chi connectivity index (χ1n) is 7.02. The van der Waals surface area contributed by atoms with Gasteiger partial charge < -0.3 is 14.3 Å². The van der Waals surface area contributed by atoms with Crippen LogP contribution in [0.5, 0.6) is 0 Å². The van der Waals surface area contributed by atoms with Gasteiger partial charge in [-0.2, -0.15) is 0 Å². The summed E-state index contributed by atoms with van der Waals surface area (Å²) in [4.78, 5) is 16.7. The van der Waals surface area contributed by atoms with E-state index in [-0.39, 0.29) is 11.7 Å². The van der Waals surface area contributed by atoms with Crippen LogP contribution in [0.15, 0.2) is 57.7 Å². The Morgan fingerprint density at radius 3 is 2.96 bits per heavy atom. The van der Waals surface area contributed by atoms with E-state index in [1.807, 2.05) is 48.0 Å². The normalized spacial score (nSPS) is 11.2. The third-order valence-electron chi connectivity index (χ3n) is 3.72. The van der Waals surface area contributed by atoms with Crippen LogP contribution in [0.2, 0.25) is 0 Å². The molecule has 0 aliphatic carbocycles. The number of imidazole rings is 1. The van der Waals surface area contributed by atoms with Gasteiger partial charge in [-0.05, 0) is 36.4 Å². The molecule has 0 fully saturated rings. The number of furan rings is 1. The van der Waals surface area contributed by atoms with Crippen molar-refractivity contribution in [3.63, 3.8) is 0 Å². The summed E-state index contributed by atoms with van der Waals surface area (Å²) in [6.45, 7) is 0. The summed E-state index contributed by atoms with van der Waals surface area (Å²) in [7, 11) is 1.93. The maximum atomic E-state index is 12.4. The van der Waals surface area contributed by atoms with Gasteiger partial charge in [-0.25, -0.2) is 4.98 Å². The quantitative estimate of drug-likeness (QED) is 0.571. The molecule has 114 valence electrons. The van der Waals surface area contributed by atoms with Gasteiger partial charge in [0.2, 0.25) is 0 Å². The Hall–Kier alpha value is -2.60. The second kappa shape index (κ2) is 5.24. The Kier molecular flexibility index (Phi) is 3.20. The fourth-order valence-electron chi connectivity index (χ4n) is 2.54. The van der Waals surface area contributed by atoms with E-state index in [4.69, 9.17) is 4.42 Å². The number of nitrogens with one attached hydrogen (secondary N) is 1. The second-order valence-corrected chi connectivity index (χ2v) is 6.13. The highest BCUT2D eigenvalue weighted by Gasteiger charge is 2.14. The molecule has 0 radical (unpaired) electrons. The minimum atomic E-state index is -0.289. The predicted molar refractivity (Wildman–Crippen MR) is 92.6 cm³/mol. The highest BCUT2D eigenvalue weighted by Crippen LogP contribution is 2.27. The van der Waals surface area contributed by atoms with Crippen molar-refractivity contribution >= 4 is 49.5 Å². The number of halogens is 1. The maximum absolute atomic E-state index is 12.4. The maximum Gasteiger partial charge on any atom is 0.291 e. The molecule has 0 aliphatic heterocycles. The molecule has 4 rings (SSSR count). The van der Waals surface area contributed by atoms with Gasteiger partial charge in [-0.1, -0.05) is 22.0 Å². The first-order chi connectivity index (χ1) is 11.1. The summed E-state index contributed by atoms with van der Waals surface area (Å²) in [5.74, 6) is -0.0172. The van der Waals surface area contributed by atoms with E-state index in [2.05, 4.69) is 26.2 Å². The molecule has 0 saturated heterocycles. The molecule has 23 heavy (non-hydrogen) atoms. The lowest BCUT2D eigenvalue weighted by Gasteiger charge is -2.03. The lowest BCUT2D eigenvalue weighted by atomic mass is 10.2. The standard InChI is InChI=1S/C17H12BrN3O2/c1-21-9-19-13-7-10(5-6-14(13)21)20-17(22)16-8-11-12(18)3-2-4-15(11)23-16/h2-9H,1H3,(H,20,22). The van der Waals surface area contributed by atoms with Crippen LogP contribution >= 0.6 is 15.9 Å². The molecule has 4 aromatic rings. The number of nitrogens with zero attached hydrogens (tertiary/aromatic N) is 2. The molecule has 2 aromatic carbocycles. The van der Waals surface area contributed by atoms with Crippen molar-refractivity contribution in [2.45, 2.75) is 0 Å². The lowest BCUT2D eigenvalue weighted by molar-refractivity contribution is 0.0998. The molecule has 1 N–H and O–H groups in total. The summed E-state index contributed by atoms with van der Waals surface area (Å²) in [5.41, 5.74) is 3.19. The van der Waals surface area contributed by atoms with E-state index in [0.717, 1.165) is 20.9 Å². The van der Waals surface area contributed by atoms with Crippen molar-refractivity contribution in [2.75, 3.05) is 5.32 Å². The van der Waals surface area contributed by atoms with Crippen LogP contribution < -0.4 is 5.32 Å². The van der Waals surface area contributed by atoms with Crippen LogP contribution in [0.3, 0.4) is 0 Å². The second-order valence-electron chi connectivity index (χ2n) is 5.28. The molecule has 0 spiro atoms. The van der Waals surface area contributed by atoms with E-state index in [1.54, 1.807) is 12.4 Å². The number of carbonyl (C=O) groups is 1. The number of carbonyl (C=O) groups excluding carboxylic acids is 1. The number of benzene rings is 2. The van der Waals surface area contributed by atoms with Crippen molar-refractivity contribution in [1.82, 2.24) is 9.55 Å². The molecule has 0 aliphatic rings. The number of rotatable bonds is 2. The van der Waals surface area contributed by atoms with E-state index < -0.39 is 0 Å². The van der Waals surface area contributed by atoms with Crippen LogP contribution in [-0.2, 0) is 7.05 Å². The van der Waals surface area contributed by atoms with Gasteiger partial charge in [-0.15, -0.1) is 0 Å². The predicted octanol–water partition coefficient (Wildman–Crippen LogP) is 4.33. The molecule has 2 heterocycles. The van der Waals surface area contributed by atoms with Gasteiger partial charge in [-0.3, -0.25) is 4.79 Å². The lowest BCUT2D eigenvalue weighted by Crippen LogP contribution is -2.10. The fourth-order valence-corrected chi connectivity index (χ4v) is 3.01. The number of amides is 1. The highest BCUT2D eigenvalue weighted by atomic mass is 79.9. The van der Waals surface area contributed by atoms with Crippen molar-refractivity contribution in [2.24, 2.45) is 7.05 Å². The van der Waals surface area contributed by atoms with Gasteiger partial charge in [0.15, 0.2) is 5.76 Å². The topological polar surface area (TPSA) is 60.1 Å². The average Bonchev–Trinajstić information content (AvgIpc) is 3.12. The number of hydrogen-bond donors (Lipinski definition) is 1. The minimum Gasteiger partial charge on any atom is -0.451 e. The Bertz CT molecular complexity index is 1050. The first-order valence-corrected chi connectivity index (χ1v) is 7.81. The molecule has 0 bridgehead atoms. The number of anilines is 1. The first kappa shape index (κ1) is 14.0. The zero-order chi connectivity index (χ0) is 16.0. The van der Waals surface area contributed by atoms with Gasteiger partial charge >= 0.3 is 0 Å². The fraction of sp³-hybridized carbons (Fsp3) is 0.0588. The molecular formula is C17H12BrN3O2. The third-order valence-corrected chi connectivity index (χ3v) is 4.41. The number of hydrogen-bond acceptors (Lipinski definition) is 3. The van der Waals surface area contributed by atoms with E-state index in [1.165, 1.54) is 0 Å². The number of fused-ring (bicyclic) bond motifs is 2. The average molecular weight is 370 g/mol. The number of aromatic nitrogens is 2. The van der Waals surface area contributed by atoms with Crippen molar-refractivity contribution in [3.8, 4) is 0 Å². The Labute approximate surface area is 140 Å². The van der Waals surface area contributed by atoms with Crippen LogP contribution in [0.25, 0.3) is 22.0 Å². The van der Waals surface area contributed by atoms with Gasteiger partial charge in [0.05, 0.1) is 17.4 Å². The van der Waals surface area contributed by atoms with E-state index in [9.17, 15) is 4.79 Å². The molecule has 0 atom stereocenters. The molecule has 6 heteroatoms. The molecule has 2 aromatic heterocycles. The Morgan fingerprint density at radius 1 is 1.26 bits per heavy atom. The van der Waals surface area contributed by atoms with Crippen LogP contribution in [0, 0.1) is 0 Å². The zero-order valence-electron chi connectivity index (χ0n) is 12.2. The molecule has 5 nitrogen and oxygen atoms in total. The van der Waals surface area contributed by atoms with Crippen molar-refractivity contribution in [1.29, 1.82) is 0 Å². The smallest absolute Gasteiger partial charge is 0.291 e. The zero-order valence-corrected chi connectivity index (χ0v) is 13.8. The summed E-state index contributed by atoms with van der Waals surface area (Å²) in [6.07, 6.45) is 1.74. The van der Waals surface area contributed by atoms with Crippen LogP contribution in [0.1, 0.15) is 10.6 Å². The van der Waals surface area contributed by atoms with E-state index in [0.29, 0.717) is 11.3 Å². The number of aryl methyl sites for hydroxylation is 1. The monoisotopic (exact) mass is 369 g/mol. The molecule has 0 unspecified atom stereocenters. The summed E-state index contributed by atoms with van der Waals surface area (Å²) in [6, 6.07) is 12.9. The SMILES string of the molecule is Cn1cnc2cc(NC(=O)c3cc4c(Br)cccc4o3)ccc21. The third kappa shape index (κ3) is 2.41. The summed E-state index contributed by atoms with van der Waals surface area (Å²) < 4.78 is 8.44. The Balaban J connectivity index is 1.65. The molecule has 0 saturated carbocycles. The van der Waals surface area contributed by atoms with E-state index >= 15 is 0 Å². The van der Waals surface area contributed by atoms with Gasteiger partial charge in [0.1, 0.15) is 5.58 Å². The van der Waals surface area contributed by atoms with Crippen LogP contribution in [0.4, 0.5) is 5.69 Å². The van der Waals surface area contributed by atoms with Crippen LogP contribution in [-0.4, -0.2) is 15.5 Å². The van der Waals surface area contributed by atoms with Gasteiger partial charge in [0.25, 0.3) is 5.91 Å². The highest BCUT2D eigenvalue weighted by molar-refractivity contribution is 9.10. The molecular weight excluding hydrogens is 358 g/mol. The molecule has 1 amide bonds. The Morgan fingerprint density at radius 2 is 2.13 bits per heavy atom. The summed E-state index contributed by atoms with van der Waals surface area (Å²) >= 11 is 3.45. The van der Waals surface area contributed by atoms with Crippen molar-refractivity contribution < 1.29 is 9.21 Å². The minimum absolute atomic E-state index is 0.271. The van der Waals surface area contributed by atoms with Crippen molar-refractivity contribution in [3.05, 3.63) is 59.0 Å².